The number of likely N-dealkylation sites (tertiary alicyclic amines) is 1. The number of nitrogens with zero attached hydrogens (tertiary/aromatic N) is 3. The molecule has 2 N–H and O–H groups in total. The largest absolute Gasteiger partial charge is 0.369 e. The molecule has 210 valence electrons. The molecule has 2 aromatic rings. The van der Waals surface area contributed by atoms with Crippen LogP contribution >= 0.6 is 0 Å². The van der Waals surface area contributed by atoms with Crippen molar-refractivity contribution in [3.8, 4) is 0 Å². The van der Waals surface area contributed by atoms with E-state index in [2.05, 4.69) is 33.9 Å². The lowest BCUT2D eigenvalue weighted by Gasteiger charge is -2.36. The van der Waals surface area contributed by atoms with Gasteiger partial charge < -0.3 is 20.4 Å². The van der Waals surface area contributed by atoms with Gasteiger partial charge in [0, 0.05) is 48.9 Å². The lowest BCUT2D eigenvalue weighted by Crippen LogP contribution is -2.44. The Labute approximate surface area is 232 Å². The summed E-state index contributed by atoms with van der Waals surface area (Å²) in [6.45, 7) is 7.12. The number of hydrogen-bond donors (Lipinski definition) is 1. The molecule has 0 aromatic heterocycles. The fraction of sp³-hybridized carbons (Fsp3) is 0.562. The predicted molar refractivity (Wildman–Crippen MR) is 154 cm³/mol. The molecule has 0 bridgehead atoms. The zero-order valence-corrected chi connectivity index (χ0v) is 23.3. The molecule has 0 spiro atoms. The molecule has 6 nitrogen and oxygen atoms in total. The number of amides is 1. The first-order valence-corrected chi connectivity index (χ1v) is 14.8. The van der Waals surface area contributed by atoms with Gasteiger partial charge in [0.25, 0.3) is 0 Å². The highest BCUT2D eigenvalue weighted by molar-refractivity contribution is 5.98. The SMILES string of the molecule is CN1CCN(c2ccc(C(N)=O)c(C3CCC(CCN4CCC(C(=O)c5ccc(F)cc5)CC4)CC3)c2)CC1. The van der Waals surface area contributed by atoms with Crippen molar-refractivity contribution in [1.29, 1.82) is 0 Å². The Bertz CT molecular complexity index is 1130. The lowest BCUT2D eigenvalue weighted by molar-refractivity contribution is 0.0832. The summed E-state index contributed by atoms with van der Waals surface area (Å²) < 4.78 is 13.2. The number of anilines is 1. The Morgan fingerprint density at radius 1 is 0.872 bits per heavy atom. The zero-order chi connectivity index (χ0) is 27.4. The van der Waals surface area contributed by atoms with Gasteiger partial charge in [0.05, 0.1) is 0 Å². The fourth-order valence-electron chi connectivity index (χ4n) is 6.77. The summed E-state index contributed by atoms with van der Waals surface area (Å²) in [7, 11) is 2.16. The van der Waals surface area contributed by atoms with Crippen LogP contribution in [0.25, 0.3) is 0 Å². The molecule has 2 saturated heterocycles. The van der Waals surface area contributed by atoms with Gasteiger partial charge in [-0.25, -0.2) is 4.39 Å². The van der Waals surface area contributed by atoms with Crippen LogP contribution in [0.2, 0.25) is 0 Å². The number of likely N-dealkylation sites (N-methyl/N-ethyl adjacent to an activating group) is 1. The molecule has 0 radical (unpaired) electrons. The van der Waals surface area contributed by atoms with Gasteiger partial charge in [-0.1, -0.05) is 0 Å². The first-order valence-electron chi connectivity index (χ1n) is 14.8. The molecular weight excluding hydrogens is 491 g/mol. The van der Waals surface area contributed by atoms with Crippen molar-refractivity contribution in [3.05, 3.63) is 65.0 Å². The molecule has 1 amide bonds. The number of Topliss-reactive ketones (excluding diaryl/α,β-unsaturated/α-hetero) is 1. The molecule has 2 heterocycles. The summed E-state index contributed by atoms with van der Waals surface area (Å²) in [5, 5.41) is 0. The first-order chi connectivity index (χ1) is 18.9. The van der Waals surface area contributed by atoms with Crippen molar-refractivity contribution >= 4 is 17.4 Å². The Hall–Kier alpha value is -2.77. The molecule has 3 fully saturated rings. The Morgan fingerprint density at radius 2 is 1.54 bits per heavy atom. The molecule has 1 saturated carbocycles. The van der Waals surface area contributed by atoms with Crippen LogP contribution in [-0.4, -0.2) is 74.4 Å². The van der Waals surface area contributed by atoms with E-state index in [0.29, 0.717) is 23.0 Å². The summed E-state index contributed by atoms with van der Waals surface area (Å²) in [5.41, 5.74) is 9.46. The number of hydrogen-bond acceptors (Lipinski definition) is 5. The molecular formula is C32H43FN4O2. The standard InChI is InChI=1S/C32H43FN4O2/c1-35-18-20-37(21-19-35)28-10-11-29(32(34)39)30(22-28)24-4-2-23(3-5-24)12-15-36-16-13-26(14-17-36)31(38)25-6-8-27(33)9-7-25/h6-11,22-24,26H,2-5,12-21H2,1H3,(H2,34,39). The van der Waals surface area contributed by atoms with Gasteiger partial charge in [-0.3, -0.25) is 9.59 Å². The fourth-order valence-corrected chi connectivity index (χ4v) is 6.77. The summed E-state index contributed by atoms with van der Waals surface area (Å²) in [4.78, 5) is 32.3. The van der Waals surface area contributed by atoms with Crippen LogP contribution in [0.15, 0.2) is 42.5 Å². The highest BCUT2D eigenvalue weighted by Crippen LogP contribution is 2.40. The van der Waals surface area contributed by atoms with Crippen molar-refractivity contribution in [2.24, 2.45) is 17.6 Å². The number of halogens is 1. The van der Waals surface area contributed by atoms with E-state index in [1.54, 1.807) is 12.1 Å². The third-order valence-electron chi connectivity index (χ3n) is 9.40. The number of nitrogens with two attached hydrogens (primary N) is 1. The quantitative estimate of drug-likeness (QED) is 0.486. The van der Waals surface area contributed by atoms with Crippen LogP contribution in [0.4, 0.5) is 10.1 Å². The smallest absolute Gasteiger partial charge is 0.248 e. The maximum Gasteiger partial charge on any atom is 0.248 e. The molecule has 7 heteroatoms. The summed E-state index contributed by atoms with van der Waals surface area (Å²) >= 11 is 0. The zero-order valence-electron chi connectivity index (χ0n) is 23.3. The van der Waals surface area contributed by atoms with Gasteiger partial charge in [-0.15, -0.1) is 0 Å². The van der Waals surface area contributed by atoms with Gasteiger partial charge in [-0.05, 0) is 131 Å². The molecule has 5 rings (SSSR count). The van der Waals surface area contributed by atoms with E-state index in [9.17, 15) is 14.0 Å². The van der Waals surface area contributed by atoms with E-state index in [4.69, 9.17) is 5.73 Å². The number of rotatable bonds is 8. The number of piperazine rings is 1. The van der Waals surface area contributed by atoms with E-state index >= 15 is 0 Å². The van der Waals surface area contributed by atoms with E-state index in [0.717, 1.165) is 77.1 Å². The van der Waals surface area contributed by atoms with Gasteiger partial charge >= 0.3 is 0 Å². The van der Waals surface area contributed by atoms with Crippen molar-refractivity contribution < 1.29 is 14.0 Å². The minimum atomic E-state index is -0.321. The highest BCUT2D eigenvalue weighted by Gasteiger charge is 2.29. The number of benzene rings is 2. The van der Waals surface area contributed by atoms with Crippen LogP contribution in [0, 0.1) is 17.7 Å². The molecule has 2 aromatic carbocycles. The van der Waals surface area contributed by atoms with Crippen LogP contribution in [0.1, 0.15) is 77.1 Å². The minimum absolute atomic E-state index is 0.0446. The third-order valence-corrected chi connectivity index (χ3v) is 9.40. The first kappa shape index (κ1) is 27.8. The number of ketones is 1. The third kappa shape index (κ3) is 6.87. The van der Waals surface area contributed by atoms with Crippen LogP contribution in [0.5, 0.6) is 0 Å². The topological polar surface area (TPSA) is 69.9 Å². The second-order valence-corrected chi connectivity index (χ2v) is 11.9. The van der Waals surface area contributed by atoms with Crippen molar-refractivity contribution in [1.82, 2.24) is 9.80 Å². The van der Waals surface area contributed by atoms with E-state index in [-0.39, 0.29) is 23.4 Å². The van der Waals surface area contributed by atoms with Crippen molar-refractivity contribution in [2.75, 3.05) is 57.8 Å². The predicted octanol–water partition coefficient (Wildman–Crippen LogP) is 4.94. The summed E-state index contributed by atoms with van der Waals surface area (Å²) in [6.07, 6.45) is 7.51. The second kappa shape index (κ2) is 12.6. The molecule has 39 heavy (non-hydrogen) atoms. The summed E-state index contributed by atoms with van der Waals surface area (Å²) in [6, 6.07) is 12.2. The summed E-state index contributed by atoms with van der Waals surface area (Å²) in [5.74, 6) is 0.673. The number of primary amides is 1. The van der Waals surface area contributed by atoms with E-state index < -0.39 is 0 Å². The number of carbonyl (C=O) groups is 2. The Morgan fingerprint density at radius 3 is 2.18 bits per heavy atom. The molecule has 0 atom stereocenters. The van der Waals surface area contributed by atoms with E-state index in [1.807, 2.05) is 6.07 Å². The minimum Gasteiger partial charge on any atom is -0.369 e. The van der Waals surface area contributed by atoms with Gasteiger partial charge in [-0.2, -0.15) is 0 Å². The average Bonchev–Trinajstić information content (AvgIpc) is 2.97. The molecule has 2 aliphatic heterocycles. The van der Waals surface area contributed by atoms with Crippen LogP contribution < -0.4 is 10.6 Å². The number of piperidine rings is 1. The van der Waals surface area contributed by atoms with Gasteiger partial charge in [0.2, 0.25) is 5.91 Å². The second-order valence-electron chi connectivity index (χ2n) is 11.9. The van der Waals surface area contributed by atoms with Crippen LogP contribution in [0.3, 0.4) is 0 Å². The van der Waals surface area contributed by atoms with Crippen molar-refractivity contribution in [3.63, 3.8) is 0 Å². The molecule has 1 aliphatic carbocycles. The molecule has 0 unspecified atom stereocenters. The average molecular weight is 535 g/mol. The Kier molecular flexibility index (Phi) is 8.98. The monoisotopic (exact) mass is 534 g/mol. The normalized spacial score (nSPS) is 23.6. The van der Waals surface area contributed by atoms with Crippen molar-refractivity contribution in [2.45, 2.75) is 50.9 Å². The van der Waals surface area contributed by atoms with E-state index in [1.165, 1.54) is 37.1 Å². The maximum absolute atomic E-state index is 13.2. The van der Waals surface area contributed by atoms with Gasteiger partial charge in [0.15, 0.2) is 5.78 Å². The Balaban J connectivity index is 1.10. The number of carbonyl (C=O) groups excluding carboxylic acids is 2. The van der Waals surface area contributed by atoms with Gasteiger partial charge in [0.1, 0.15) is 5.82 Å². The van der Waals surface area contributed by atoms with Crippen LogP contribution in [-0.2, 0) is 0 Å². The molecule has 3 aliphatic rings. The maximum atomic E-state index is 13.2. The highest BCUT2D eigenvalue weighted by atomic mass is 19.1. The lowest BCUT2D eigenvalue weighted by atomic mass is 9.76.